The second-order valence-electron chi connectivity index (χ2n) is 3.98. The quantitative estimate of drug-likeness (QED) is 0.456. The summed E-state index contributed by atoms with van der Waals surface area (Å²) in [5, 5.41) is 3.69. The van der Waals surface area contributed by atoms with Crippen molar-refractivity contribution in [3.8, 4) is 0 Å². The first-order chi connectivity index (χ1) is 8.79. The van der Waals surface area contributed by atoms with Gasteiger partial charge in [-0.15, -0.1) is 0 Å². The highest BCUT2D eigenvalue weighted by molar-refractivity contribution is 5.80. The minimum atomic E-state index is -0.300. The number of nitrogens with zero attached hydrogens (tertiary/aromatic N) is 6. The number of H-pyrrole nitrogens is 1. The highest BCUT2D eigenvalue weighted by Gasteiger charge is 2.31. The molecule has 18 heavy (non-hydrogen) atoms. The molecule has 2 unspecified atom stereocenters. The molecule has 0 amide bonds. The van der Waals surface area contributed by atoms with Gasteiger partial charge in [-0.1, -0.05) is 5.11 Å². The number of aromatic amines is 1. The number of nitrogens with one attached hydrogen (secondary N) is 1. The Balaban J connectivity index is 2.05. The van der Waals surface area contributed by atoms with Crippen LogP contribution in [0.25, 0.3) is 21.6 Å². The summed E-state index contributed by atoms with van der Waals surface area (Å²) in [7, 11) is 0. The van der Waals surface area contributed by atoms with E-state index in [1.807, 2.05) is 0 Å². The molecule has 0 aromatic carbocycles. The number of nitrogens with two attached hydrogens (primary N) is 1. The molecule has 0 saturated carbocycles. The van der Waals surface area contributed by atoms with E-state index in [1.54, 1.807) is 0 Å². The molecule has 2 aromatic heterocycles. The van der Waals surface area contributed by atoms with Crippen LogP contribution in [0.5, 0.6) is 0 Å². The van der Waals surface area contributed by atoms with E-state index >= 15 is 0 Å². The van der Waals surface area contributed by atoms with Crippen LogP contribution in [-0.2, 0) is 4.74 Å². The predicted octanol–water partition coefficient (Wildman–Crippen LogP) is 0.728. The van der Waals surface area contributed by atoms with Crippen molar-refractivity contribution in [2.45, 2.75) is 12.0 Å². The van der Waals surface area contributed by atoms with Crippen LogP contribution in [-0.4, -0.2) is 39.2 Å². The standard InChI is InChI=1S/C9H10N8O/c10-7-6-9(13-3-12-6)15-8(14-7)4-1-18-2-5(4)16-17-11/h3-5H,1-2H2,(H3,10,12,13,14,15). The summed E-state index contributed by atoms with van der Waals surface area (Å²) in [5.74, 6) is 0.658. The van der Waals surface area contributed by atoms with Crippen molar-refractivity contribution >= 4 is 17.0 Å². The van der Waals surface area contributed by atoms with Gasteiger partial charge in [0.2, 0.25) is 0 Å². The van der Waals surface area contributed by atoms with Crippen LogP contribution in [0, 0.1) is 0 Å². The molecular formula is C9H10N8O. The van der Waals surface area contributed by atoms with Crippen LogP contribution in [0.15, 0.2) is 11.4 Å². The molecule has 92 valence electrons. The Morgan fingerprint density at radius 1 is 1.50 bits per heavy atom. The molecular weight excluding hydrogens is 236 g/mol. The van der Waals surface area contributed by atoms with Gasteiger partial charge >= 0.3 is 0 Å². The molecule has 0 aliphatic carbocycles. The number of ether oxygens (including phenoxy) is 1. The number of aromatic nitrogens is 4. The van der Waals surface area contributed by atoms with E-state index in [1.165, 1.54) is 6.33 Å². The Labute approximate surface area is 101 Å². The third kappa shape index (κ3) is 1.62. The first-order valence-corrected chi connectivity index (χ1v) is 5.38. The van der Waals surface area contributed by atoms with Crippen LogP contribution in [0.4, 0.5) is 5.82 Å². The van der Waals surface area contributed by atoms with Gasteiger partial charge in [0.05, 0.1) is 31.5 Å². The molecule has 0 radical (unpaired) electrons. The molecule has 3 rings (SSSR count). The summed E-state index contributed by atoms with van der Waals surface area (Å²) in [6.07, 6.45) is 1.51. The molecule has 3 heterocycles. The molecule has 9 heteroatoms. The van der Waals surface area contributed by atoms with Gasteiger partial charge in [0, 0.05) is 4.91 Å². The molecule has 1 aliphatic rings. The Morgan fingerprint density at radius 3 is 3.22 bits per heavy atom. The number of azide groups is 1. The average Bonchev–Trinajstić information content (AvgIpc) is 2.97. The SMILES string of the molecule is [N-]=[N+]=NC1COCC1c1nc(N)c2[nH]cnc2n1. The molecule has 0 spiro atoms. The van der Waals surface area contributed by atoms with Gasteiger partial charge in [0.15, 0.2) is 11.5 Å². The Bertz CT molecular complexity index is 631. The first-order valence-electron chi connectivity index (χ1n) is 5.38. The average molecular weight is 246 g/mol. The maximum Gasteiger partial charge on any atom is 0.183 e. The Morgan fingerprint density at radius 2 is 2.39 bits per heavy atom. The van der Waals surface area contributed by atoms with E-state index in [9.17, 15) is 0 Å². The highest BCUT2D eigenvalue weighted by Crippen LogP contribution is 2.27. The molecule has 2 atom stereocenters. The number of imidazole rings is 1. The normalized spacial score (nSPS) is 23.1. The van der Waals surface area contributed by atoms with Crippen molar-refractivity contribution in [2.75, 3.05) is 18.9 Å². The molecule has 1 saturated heterocycles. The minimum absolute atomic E-state index is 0.177. The molecule has 3 N–H and O–H groups in total. The Hall–Kier alpha value is -2.38. The van der Waals surface area contributed by atoms with Crippen molar-refractivity contribution in [3.05, 3.63) is 22.6 Å². The van der Waals surface area contributed by atoms with Crippen LogP contribution in [0.3, 0.4) is 0 Å². The number of anilines is 1. The van der Waals surface area contributed by atoms with Crippen LogP contribution in [0.2, 0.25) is 0 Å². The van der Waals surface area contributed by atoms with Crippen molar-refractivity contribution in [3.63, 3.8) is 0 Å². The zero-order valence-electron chi connectivity index (χ0n) is 9.32. The van der Waals surface area contributed by atoms with Crippen molar-refractivity contribution in [1.29, 1.82) is 0 Å². The number of nitrogen functional groups attached to an aromatic ring is 1. The molecule has 1 fully saturated rings. The fourth-order valence-corrected chi connectivity index (χ4v) is 2.01. The molecule has 9 nitrogen and oxygen atoms in total. The summed E-state index contributed by atoms with van der Waals surface area (Å²) in [6.45, 7) is 0.787. The van der Waals surface area contributed by atoms with Crippen LogP contribution < -0.4 is 5.73 Å². The van der Waals surface area contributed by atoms with E-state index in [4.69, 9.17) is 16.0 Å². The lowest BCUT2D eigenvalue weighted by atomic mass is 10.0. The number of rotatable bonds is 2. The number of hydrogen-bond acceptors (Lipinski definition) is 6. The maximum absolute atomic E-state index is 8.50. The zero-order valence-corrected chi connectivity index (χ0v) is 9.32. The van der Waals surface area contributed by atoms with Gasteiger partial charge in [-0.2, -0.15) is 0 Å². The van der Waals surface area contributed by atoms with Gasteiger partial charge < -0.3 is 15.5 Å². The smallest absolute Gasteiger partial charge is 0.183 e. The summed E-state index contributed by atoms with van der Waals surface area (Å²) in [6, 6.07) is -0.300. The van der Waals surface area contributed by atoms with Gasteiger partial charge in [-0.05, 0) is 5.53 Å². The molecule has 2 aromatic rings. The van der Waals surface area contributed by atoms with Crippen molar-refractivity contribution < 1.29 is 4.74 Å². The van der Waals surface area contributed by atoms with E-state index in [-0.39, 0.29) is 12.0 Å². The number of fused-ring (bicyclic) bond motifs is 1. The summed E-state index contributed by atoms with van der Waals surface area (Å²) < 4.78 is 5.30. The first kappa shape index (κ1) is 10.8. The molecule has 0 bridgehead atoms. The monoisotopic (exact) mass is 246 g/mol. The van der Waals surface area contributed by atoms with E-state index in [0.29, 0.717) is 36.0 Å². The minimum Gasteiger partial charge on any atom is -0.382 e. The predicted molar refractivity (Wildman–Crippen MR) is 62.6 cm³/mol. The van der Waals surface area contributed by atoms with E-state index in [0.717, 1.165) is 0 Å². The zero-order chi connectivity index (χ0) is 12.5. The second-order valence-corrected chi connectivity index (χ2v) is 3.98. The van der Waals surface area contributed by atoms with Crippen LogP contribution >= 0.6 is 0 Å². The lowest BCUT2D eigenvalue weighted by Crippen LogP contribution is -2.17. The van der Waals surface area contributed by atoms with Crippen LogP contribution in [0.1, 0.15) is 11.7 Å². The van der Waals surface area contributed by atoms with Gasteiger partial charge in [0.25, 0.3) is 0 Å². The van der Waals surface area contributed by atoms with E-state index in [2.05, 4.69) is 30.0 Å². The maximum atomic E-state index is 8.50. The summed E-state index contributed by atoms with van der Waals surface area (Å²) >= 11 is 0. The second kappa shape index (κ2) is 4.13. The molecule has 1 aliphatic heterocycles. The third-order valence-corrected chi connectivity index (χ3v) is 2.91. The van der Waals surface area contributed by atoms with Crippen molar-refractivity contribution in [2.24, 2.45) is 5.11 Å². The Kier molecular flexibility index (Phi) is 2.47. The topological polar surface area (TPSA) is 138 Å². The highest BCUT2D eigenvalue weighted by atomic mass is 16.5. The third-order valence-electron chi connectivity index (χ3n) is 2.91. The fraction of sp³-hybridized carbons (Fsp3) is 0.444. The van der Waals surface area contributed by atoms with Gasteiger partial charge in [0.1, 0.15) is 11.3 Å². The number of hydrogen-bond donors (Lipinski definition) is 2. The summed E-state index contributed by atoms with van der Waals surface area (Å²) in [4.78, 5) is 18.3. The fourth-order valence-electron chi connectivity index (χ4n) is 2.01. The van der Waals surface area contributed by atoms with Gasteiger partial charge in [-0.3, -0.25) is 0 Å². The van der Waals surface area contributed by atoms with E-state index < -0.39 is 0 Å². The van der Waals surface area contributed by atoms with Crippen molar-refractivity contribution in [1.82, 2.24) is 19.9 Å². The summed E-state index contributed by atoms with van der Waals surface area (Å²) in [5.41, 5.74) is 15.4. The lowest BCUT2D eigenvalue weighted by molar-refractivity contribution is 0.190. The van der Waals surface area contributed by atoms with Gasteiger partial charge in [-0.25, -0.2) is 15.0 Å². The largest absolute Gasteiger partial charge is 0.382 e. The lowest BCUT2D eigenvalue weighted by Gasteiger charge is -2.11.